The van der Waals surface area contributed by atoms with Gasteiger partial charge in [0.25, 0.3) is 0 Å². The molecule has 0 aromatic heterocycles. The summed E-state index contributed by atoms with van der Waals surface area (Å²) in [4.78, 5) is 34.3. The smallest absolute Gasteiger partial charge is 0.335 e. The maximum atomic E-state index is 11.5. The highest BCUT2D eigenvalue weighted by Crippen LogP contribution is 2.04. The Bertz CT molecular complexity index is 559. The Morgan fingerprint density at radius 2 is 1.78 bits per heavy atom. The standard InChI is InChI=1S/C16H21NO6/c1-11(2)15(20)17(4)8-5-9-23-12(3)6-7-13(16(21)22)10-14(18)19/h6-7,10H,1,3,5,8-9H2,2,4H3,(H,18,19)(H,21,22)/b7-6-,13-10-. The number of allylic oxidation sites excluding steroid dienone is 1. The van der Waals surface area contributed by atoms with E-state index in [0.29, 0.717) is 24.6 Å². The Kier molecular flexibility index (Phi) is 8.76. The van der Waals surface area contributed by atoms with Crippen LogP contribution in [0.3, 0.4) is 0 Å². The average molecular weight is 323 g/mol. The van der Waals surface area contributed by atoms with Crippen molar-refractivity contribution in [3.05, 3.63) is 48.3 Å². The van der Waals surface area contributed by atoms with Gasteiger partial charge in [-0.25, -0.2) is 9.59 Å². The molecular formula is C16H21NO6. The molecule has 1 amide bonds. The highest BCUT2D eigenvalue weighted by Gasteiger charge is 2.08. The molecule has 0 unspecified atom stereocenters. The number of likely N-dealkylation sites (N-methyl/N-ethyl adjacent to an activating group) is 1. The molecule has 0 aromatic rings. The highest BCUT2D eigenvalue weighted by atomic mass is 16.5. The zero-order chi connectivity index (χ0) is 18.0. The molecule has 2 N–H and O–H groups in total. The first-order valence-corrected chi connectivity index (χ1v) is 6.73. The van der Waals surface area contributed by atoms with Crippen molar-refractivity contribution < 1.29 is 29.3 Å². The Hall–Kier alpha value is -2.83. The fourth-order valence-corrected chi connectivity index (χ4v) is 1.48. The Morgan fingerprint density at radius 1 is 1.17 bits per heavy atom. The lowest BCUT2D eigenvalue weighted by molar-refractivity contribution is -0.134. The van der Waals surface area contributed by atoms with Crippen LogP contribution in [0.2, 0.25) is 0 Å². The van der Waals surface area contributed by atoms with Gasteiger partial charge in [0.1, 0.15) is 5.76 Å². The number of nitrogens with zero attached hydrogens (tertiary/aromatic N) is 1. The van der Waals surface area contributed by atoms with Crippen molar-refractivity contribution in [2.75, 3.05) is 20.2 Å². The van der Waals surface area contributed by atoms with Crippen LogP contribution in [0.5, 0.6) is 0 Å². The Morgan fingerprint density at radius 3 is 2.26 bits per heavy atom. The van der Waals surface area contributed by atoms with E-state index in [1.165, 1.54) is 11.0 Å². The summed E-state index contributed by atoms with van der Waals surface area (Å²) in [5, 5.41) is 17.4. The minimum atomic E-state index is -1.36. The molecule has 0 radical (unpaired) electrons. The minimum Gasteiger partial charge on any atom is -0.494 e. The van der Waals surface area contributed by atoms with Crippen LogP contribution in [-0.4, -0.2) is 53.2 Å². The van der Waals surface area contributed by atoms with Crippen molar-refractivity contribution in [3.63, 3.8) is 0 Å². The van der Waals surface area contributed by atoms with Gasteiger partial charge in [0.2, 0.25) is 5.91 Å². The van der Waals surface area contributed by atoms with E-state index in [9.17, 15) is 14.4 Å². The first-order valence-electron chi connectivity index (χ1n) is 6.73. The van der Waals surface area contributed by atoms with Crippen LogP contribution in [0, 0.1) is 0 Å². The number of aliphatic carboxylic acids is 2. The SMILES string of the molecule is C=C(/C=C\C(=C\C(=O)O)C(=O)O)OCCCN(C)C(=O)C(=C)C. The second-order valence-electron chi connectivity index (χ2n) is 4.75. The van der Waals surface area contributed by atoms with E-state index in [0.717, 1.165) is 6.08 Å². The summed E-state index contributed by atoms with van der Waals surface area (Å²) in [6.07, 6.45) is 3.49. The second kappa shape index (κ2) is 9.99. The molecule has 0 rings (SSSR count). The van der Waals surface area contributed by atoms with Gasteiger partial charge >= 0.3 is 11.9 Å². The zero-order valence-corrected chi connectivity index (χ0v) is 13.2. The van der Waals surface area contributed by atoms with Gasteiger partial charge in [-0.15, -0.1) is 0 Å². The van der Waals surface area contributed by atoms with Crippen molar-refractivity contribution in [2.45, 2.75) is 13.3 Å². The zero-order valence-electron chi connectivity index (χ0n) is 13.2. The van der Waals surface area contributed by atoms with Gasteiger partial charge in [0.05, 0.1) is 12.2 Å². The lowest BCUT2D eigenvalue weighted by Gasteiger charge is -2.17. The van der Waals surface area contributed by atoms with Gasteiger partial charge in [-0.2, -0.15) is 0 Å². The maximum absolute atomic E-state index is 11.5. The fraction of sp³-hybridized carbons (Fsp3) is 0.312. The first kappa shape index (κ1) is 20.2. The number of carboxylic acid groups (broad SMARTS) is 2. The quantitative estimate of drug-likeness (QED) is 0.274. The fourth-order valence-electron chi connectivity index (χ4n) is 1.48. The molecule has 0 aliphatic heterocycles. The summed E-state index contributed by atoms with van der Waals surface area (Å²) in [6, 6.07) is 0. The number of rotatable bonds is 10. The van der Waals surface area contributed by atoms with Gasteiger partial charge in [-0.3, -0.25) is 4.79 Å². The monoisotopic (exact) mass is 323 g/mol. The number of amides is 1. The summed E-state index contributed by atoms with van der Waals surface area (Å²) in [7, 11) is 1.65. The van der Waals surface area contributed by atoms with Crippen molar-refractivity contribution in [1.82, 2.24) is 4.90 Å². The van der Waals surface area contributed by atoms with Crippen LogP contribution < -0.4 is 0 Å². The summed E-state index contributed by atoms with van der Waals surface area (Å²) < 4.78 is 5.26. The maximum Gasteiger partial charge on any atom is 0.335 e. The number of hydrogen-bond acceptors (Lipinski definition) is 4. The lowest BCUT2D eigenvalue weighted by atomic mass is 10.2. The van der Waals surface area contributed by atoms with Crippen molar-refractivity contribution >= 4 is 17.8 Å². The number of carboxylic acids is 2. The number of ether oxygens (including phenoxy) is 1. The molecule has 0 aliphatic carbocycles. The van der Waals surface area contributed by atoms with Crippen LogP contribution in [0.25, 0.3) is 0 Å². The third-order valence-electron chi connectivity index (χ3n) is 2.61. The summed E-state index contributed by atoms with van der Waals surface area (Å²) in [5.41, 5.74) is 0.0567. The van der Waals surface area contributed by atoms with Gasteiger partial charge in [0.15, 0.2) is 0 Å². The molecule has 0 saturated carbocycles. The normalized spacial score (nSPS) is 11.1. The van der Waals surface area contributed by atoms with Crippen molar-refractivity contribution in [2.24, 2.45) is 0 Å². The van der Waals surface area contributed by atoms with Gasteiger partial charge in [0, 0.05) is 25.2 Å². The summed E-state index contributed by atoms with van der Waals surface area (Å²) >= 11 is 0. The Balaban J connectivity index is 4.29. The molecule has 0 fully saturated rings. The van der Waals surface area contributed by atoms with Crippen LogP contribution in [0.1, 0.15) is 13.3 Å². The van der Waals surface area contributed by atoms with Crippen LogP contribution in [0.15, 0.2) is 48.3 Å². The molecular weight excluding hydrogens is 302 g/mol. The minimum absolute atomic E-state index is 0.145. The van der Waals surface area contributed by atoms with Gasteiger partial charge in [-0.1, -0.05) is 13.2 Å². The molecule has 0 heterocycles. The largest absolute Gasteiger partial charge is 0.494 e. The molecule has 23 heavy (non-hydrogen) atoms. The van der Waals surface area contributed by atoms with Crippen LogP contribution in [-0.2, 0) is 19.1 Å². The number of carbonyl (C=O) groups excluding carboxylic acids is 1. The third-order valence-corrected chi connectivity index (χ3v) is 2.61. The topological polar surface area (TPSA) is 104 Å². The van der Waals surface area contributed by atoms with Gasteiger partial charge in [-0.05, 0) is 25.5 Å². The molecule has 7 nitrogen and oxygen atoms in total. The second-order valence-corrected chi connectivity index (χ2v) is 4.75. The average Bonchev–Trinajstić information content (AvgIpc) is 2.45. The van der Waals surface area contributed by atoms with Crippen LogP contribution >= 0.6 is 0 Å². The molecule has 0 saturated heterocycles. The van der Waals surface area contributed by atoms with Crippen molar-refractivity contribution in [3.8, 4) is 0 Å². The number of hydrogen-bond donors (Lipinski definition) is 2. The van der Waals surface area contributed by atoms with E-state index in [-0.39, 0.29) is 18.3 Å². The predicted molar refractivity (Wildman–Crippen MR) is 84.7 cm³/mol. The summed E-state index contributed by atoms with van der Waals surface area (Å²) in [5.74, 6) is -2.68. The van der Waals surface area contributed by atoms with E-state index in [2.05, 4.69) is 13.2 Å². The molecule has 0 aromatic carbocycles. The molecule has 0 bridgehead atoms. The van der Waals surface area contributed by atoms with E-state index >= 15 is 0 Å². The first-order chi connectivity index (χ1) is 10.6. The molecule has 0 aliphatic rings. The van der Waals surface area contributed by atoms with E-state index in [1.54, 1.807) is 14.0 Å². The molecule has 0 spiro atoms. The molecule has 126 valence electrons. The van der Waals surface area contributed by atoms with Crippen molar-refractivity contribution in [1.29, 1.82) is 0 Å². The predicted octanol–water partition coefficient (Wildman–Crippen LogP) is 1.59. The van der Waals surface area contributed by atoms with E-state index in [1.807, 2.05) is 0 Å². The highest BCUT2D eigenvalue weighted by molar-refractivity contribution is 5.97. The molecule has 7 heteroatoms. The lowest BCUT2D eigenvalue weighted by Crippen LogP contribution is -2.28. The van der Waals surface area contributed by atoms with Gasteiger partial charge < -0.3 is 19.8 Å². The van der Waals surface area contributed by atoms with Crippen LogP contribution in [0.4, 0.5) is 0 Å². The van der Waals surface area contributed by atoms with E-state index < -0.39 is 17.5 Å². The Labute approximate surface area is 134 Å². The number of carbonyl (C=O) groups is 3. The summed E-state index contributed by atoms with van der Waals surface area (Å²) in [6.45, 7) is 9.53. The molecule has 0 atom stereocenters. The van der Waals surface area contributed by atoms with E-state index in [4.69, 9.17) is 14.9 Å². The third kappa shape index (κ3) is 8.92.